The second kappa shape index (κ2) is 16.4. The quantitative estimate of drug-likeness (QED) is 0.0964. The van der Waals surface area contributed by atoms with Crippen LogP contribution in [0, 0.1) is 0 Å². The molecule has 7 aromatic carbocycles. The summed E-state index contributed by atoms with van der Waals surface area (Å²) < 4.78 is 0. The molecule has 0 aliphatic carbocycles. The third-order valence-electron chi connectivity index (χ3n) is 10.2. The molecule has 0 saturated heterocycles. The molecule has 0 spiro atoms. The Morgan fingerprint density at radius 3 is 1.00 bits per heavy atom. The van der Waals surface area contributed by atoms with E-state index in [4.69, 9.17) is 0 Å². The van der Waals surface area contributed by atoms with Gasteiger partial charge in [-0.25, -0.2) is 0 Å². The number of thiophene rings is 2. The van der Waals surface area contributed by atoms with E-state index in [0.717, 1.165) is 0 Å². The molecule has 0 N–H and O–H groups in total. The summed E-state index contributed by atoms with van der Waals surface area (Å²) >= 11 is 3.55. The minimum Gasteiger partial charge on any atom is -0.144 e. The van der Waals surface area contributed by atoms with E-state index in [1.807, 2.05) is 0 Å². The van der Waals surface area contributed by atoms with Gasteiger partial charge in [-0.3, -0.25) is 0 Å². The zero-order valence-corrected chi connectivity index (χ0v) is 32.4. The highest BCUT2D eigenvalue weighted by atomic mass is 32.1. The summed E-state index contributed by atoms with van der Waals surface area (Å²) in [5, 5.41) is 9.23. The summed E-state index contributed by atoms with van der Waals surface area (Å²) in [4.78, 5) is 2.52. The molecule has 0 bridgehead atoms. The topological polar surface area (TPSA) is 0 Å². The molecule has 0 fully saturated rings. The number of benzene rings is 7. The Morgan fingerprint density at radius 2 is 0.643 bits per heavy atom. The third kappa shape index (κ3) is 7.41. The molecule has 0 saturated carbocycles. The van der Waals surface area contributed by atoms with Gasteiger partial charge in [0.2, 0.25) is 0 Å². The van der Waals surface area contributed by atoms with Crippen LogP contribution >= 0.6 is 22.7 Å². The Labute approximate surface area is 337 Å². The lowest BCUT2D eigenvalue weighted by molar-refractivity contribution is 1.59. The molecule has 2 heterocycles. The van der Waals surface area contributed by atoms with Crippen LogP contribution in [0.2, 0.25) is 0 Å². The highest BCUT2D eigenvalue weighted by Crippen LogP contribution is 2.37. The highest BCUT2D eigenvalue weighted by molar-refractivity contribution is 7.11. The second-order valence-electron chi connectivity index (χ2n) is 13.6. The van der Waals surface area contributed by atoms with Crippen molar-refractivity contribution in [2.75, 3.05) is 0 Å². The Kier molecular flexibility index (Phi) is 10.3. The zero-order valence-electron chi connectivity index (χ0n) is 30.8. The van der Waals surface area contributed by atoms with Crippen molar-refractivity contribution in [3.05, 3.63) is 247 Å². The molecule has 56 heavy (non-hydrogen) atoms. The average molecular weight is 751 g/mol. The van der Waals surface area contributed by atoms with Crippen molar-refractivity contribution in [2.45, 2.75) is 0 Å². The summed E-state index contributed by atoms with van der Waals surface area (Å²) in [5.74, 6) is 0. The molecule has 2 aromatic heterocycles. The lowest BCUT2D eigenvalue weighted by Gasteiger charge is -2.14. The van der Waals surface area contributed by atoms with Crippen molar-refractivity contribution in [2.24, 2.45) is 0 Å². The maximum absolute atomic E-state index is 2.33. The molecule has 0 amide bonds. The highest BCUT2D eigenvalue weighted by Gasteiger charge is 2.13. The molecule has 0 atom stereocenters. The first kappa shape index (κ1) is 35.1. The van der Waals surface area contributed by atoms with Gasteiger partial charge in [0.1, 0.15) is 0 Å². The van der Waals surface area contributed by atoms with Crippen LogP contribution in [-0.2, 0) is 0 Å². The zero-order chi connectivity index (χ0) is 37.5. The predicted octanol–water partition coefficient (Wildman–Crippen LogP) is 15.6. The van der Waals surface area contributed by atoms with Gasteiger partial charge < -0.3 is 0 Å². The van der Waals surface area contributed by atoms with E-state index in [1.54, 1.807) is 22.7 Å². The molecule has 2 heteroatoms. The molecular weight excluding hydrogens is 713 g/mol. The summed E-state index contributed by atoms with van der Waals surface area (Å²) in [7, 11) is 0. The Bertz CT molecular complexity index is 2610. The van der Waals surface area contributed by atoms with E-state index < -0.39 is 0 Å². The fraction of sp³-hybridized carbons (Fsp3) is 0. The molecule has 0 nitrogen and oxygen atoms in total. The Balaban J connectivity index is 1.13. The van der Waals surface area contributed by atoms with E-state index in [-0.39, 0.29) is 0 Å². The average Bonchev–Trinajstić information content (AvgIpc) is 4.01. The van der Waals surface area contributed by atoms with E-state index >= 15 is 0 Å². The summed E-state index contributed by atoms with van der Waals surface area (Å²) in [6.07, 6.45) is 13.9. The van der Waals surface area contributed by atoms with Gasteiger partial charge in [-0.2, -0.15) is 0 Å². The van der Waals surface area contributed by atoms with Crippen molar-refractivity contribution in [3.8, 4) is 0 Å². The van der Waals surface area contributed by atoms with Crippen molar-refractivity contribution in [3.63, 3.8) is 0 Å². The molecule has 0 aliphatic rings. The Morgan fingerprint density at radius 1 is 0.304 bits per heavy atom. The van der Waals surface area contributed by atoms with Crippen LogP contribution in [0.5, 0.6) is 0 Å². The van der Waals surface area contributed by atoms with Gasteiger partial charge in [-0.1, -0.05) is 194 Å². The Hall–Kier alpha value is -6.58. The minimum atomic E-state index is 1.18. The first-order chi connectivity index (χ1) is 27.8. The fourth-order valence-electron chi connectivity index (χ4n) is 7.49. The van der Waals surface area contributed by atoms with Crippen LogP contribution < -0.4 is 0 Å². The van der Waals surface area contributed by atoms with Gasteiger partial charge in [0.15, 0.2) is 0 Å². The van der Waals surface area contributed by atoms with E-state index in [9.17, 15) is 0 Å². The minimum absolute atomic E-state index is 1.18. The third-order valence-corrected chi connectivity index (χ3v) is 12.0. The molecular formula is C54H38S2. The van der Waals surface area contributed by atoms with E-state index in [0.29, 0.717) is 0 Å². The first-order valence-electron chi connectivity index (χ1n) is 18.9. The van der Waals surface area contributed by atoms with Gasteiger partial charge in [-0.15, -0.1) is 22.7 Å². The monoisotopic (exact) mass is 750 g/mol. The van der Waals surface area contributed by atoms with Crippen LogP contribution in [0.15, 0.2) is 193 Å². The molecule has 0 radical (unpaired) electrons. The summed E-state index contributed by atoms with van der Waals surface area (Å²) in [6, 6.07) is 65.1. The molecule has 0 aliphatic heterocycles. The van der Waals surface area contributed by atoms with Crippen LogP contribution in [-0.4, -0.2) is 0 Å². The van der Waals surface area contributed by atoms with Gasteiger partial charge >= 0.3 is 0 Å². The van der Waals surface area contributed by atoms with Crippen molar-refractivity contribution in [1.82, 2.24) is 0 Å². The molecule has 9 aromatic rings. The largest absolute Gasteiger partial charge is 0.144 e. The lowest BCUT2D eigenvalue weighted by atomic mass is 9.90. The standard InChI is InChI=1S/C54H38S2/c1-3-19-41(20-4-1)51(53-29-15-35-55-53)37-43-23-9-7-17-39(43)31-33-49-45-25-11-13-27-47(45)50(48-28-14-12-26-46(48)49)34-32-40-18-8-10-24-44(40)38-52(54-30-16-36-56-54)42-21-5-2-6-22-42/h1-38H. The lowest BCUT2D eigenvalue weighted by Crippen LogP contribution is -1.90. The van der Waals surface area contributed by atoms with Crippen molar-refractivity contribution >= 4 is 91.8 Å². The van der Waals surface area contributed by atoms with Gasteiger partial charge in [0.05, 0.1) is 0 Å². The van der Waals surface area contributed by atoms with Crippen LogP contribution in [0.3, 0.4) is 0 Å². The second-order valence-corrected chi connectivity index (χ2v) is 15.5. The van der Waals surface area contributed by atoms with Crippen LogP contribution in [0.25, 0.3) is 69.1 Å². The molecule has 266 valence electrons. The summed E-state index contributed by atoms with van der Waals surface area (Å²) in [6.45, 7) is 0. The number of hydrogen-bond acceptors (Lipinski definition) is 2. The van der Waals surface area contributed by atoms with Crippen molar-refractivity contribution in [1.29, 1.82) is 0 Å². The molecule has 0 unspecified atom stereocenters. The van der Waals surface area contributed by atoms with Crippen LogP contribution in [0.4, 0.5) is 0 Å². The smallest absolute Gasteiger partial charge is 0.0348 e. The predicted molar refractivity (Wildman–Crippen MR) is 248 cm³/mol. The van der Waals surface area contributed by atoms with E-state index in [1.165, 1.54) is 87.0 Å². The van der Waals surface area contributed by atoms with E-state index in [2.05, 4.69) is 229 Å². The normalized spacial score (nSPS) is 12.4. The first-order valence-corrected chi connectivity index (χ1v) is 20.7. The fourth-order valence-corrected chi connectivity index (χ4v) is 9.02. The maximum Gasteiger partial charge on any atom is 0.0348 e. The van der Waals surface area contributed by atoms with Crippen molar-refractivity contribution < 1.29 is 0 Å². The SMILES string of the molecule is C(=Cc1c2ccccc2c(C=Cc2ccccc2C=C(c2ccccc2)c2cccs2)c2ccccc12)c1ccccc1C=C(c1ccccc1)c1cccs1. The van der Waals surface area contributed by atoms with Crippen LogP contribution in [0.1, 0.15) is 54.3 Å². The number of hydrogen-bond donors (Lipinski definition) is 0. The number of fused-ring (bicyclic) bond motifs is 2. The van der Waals surface area contributed by atoms with Gasteiger partial charge in [0, 0.05) is 9.75 Å². The summed E-state index contributed by atoms with van der Waals surface area (Å²) in [5.41, 5.74) is 12.1. The number of rotatable bonds is 10. The molecule has 9 rings (SSSR count). The van der Waals surface area contributed by atoms with Gasteiger partial charge in [0.25, 0.3) is 0 Å². The van der Waals surface area contributed by atoms with Gasteiger partial charge in [-0.05, 0) is 112 Å². The maximum atomic E-state index is 2.33.